The molecule has 0 aliphatic heterocycles. The average molecular weight is 357 g/mol. The van der Waals surface area contributed by atoms with Gasteiger partial charge in [0.25, 0.3) is 5.91 Å². The molecule has 132 valence electrons. The van der Waals surface area contributed by atoms with Crippen molar-refractivity contribution in [3.8, 4) is 0 Å². The number of nitrogens with one attached hydrogen (secondary N) is 2. The standard InChI is InChI=1S/C19H23N3O2S/c1-3-10-20-18(23)12(2)25-17-11-15(19(24)21-13-8-9-13)14-6-4-5-7-16(14)22-17/h4-7,11-13H,3,8-10H2,1-2H3,(H,20,23)(H,21,24). The van der Waals surface area contributed by atoms with Gasteiger partial charge in [-0.05, 0) is 38.3 Å². The fourth-order valence-electron chi connectivity index (χ4n) is 2.52. The van der Waals surface area contributed by atoms with Crippen molar-refractivity contribution in [2.24, 2.45) is 0 Å². The number of thioether (sulfide) groups is 1. The molecule has 0 radical (unpaired) electrons. The zero-order valence-corrected chi connectivity index (χ0v) is 15.4. The van der Waals surface area contributed by atoms with Crippen molar-refractivity contribution in [1.29, 1.82) is 0 Å². The third-order valence-electron chi connectivity index (χ3n) is 4.07. The van der Waals surface area contributed by atoms with E-state index in [1.807, 2.05) is 38.1 Å². The molecule has 1 saturated carbocycles. The fourth-order valence-corrected chi connectivity index (χ4v) is 3.41. The van der Waals surface area contributed by atoms with Gasteiger partial charge in [-0.15, -0.1) is 0 Å². The highest BCUT2D eigenvalue weighted by Gasteiger charge is 2.25. The number of rotatable bonds is 7. The summed E-state index contributed by atoms with van der Waals surface area (Å²) in [6, 6.07) is 9.73. The Morgan fingerprint density at radius 2 is 2.08 bits per heavy atom. The molecule has 2 N–H and O–H groups in total. The largest absolute Gasteiger partial charge is 0.355 e. The van der Waals surface area contributed by atoms with E-state index >= 15 is 0 Å². The summed E-state index contributed by atoms with van der Waals surface area (Å²) in [7, 11) is 0. The number of hydrogen-bond acceptors (Lipinski definition) is 4. The summed E-state index contributed by atoms with van der Waals surface area (Å²) in [5.74, 6) is -0.0724. The van der Waals surface area contributed by atoms with E-state index in [0.29, 0.717) is 23.2 Å². The summed E-state index contributed by atoms with van der Waals surface area (Å²) >= 11 is 1.38. The minimum Gasteiger partial charge on any atom is -0.355 e. The summed E-state index contributed by atoms with van der Waals surface area (Å²) in [5, 5.41) is 7.20. The first-order valence-electron chi connectivity index (χ1n) is 8.73. The lowest BCUT2D eigenvalue weighted by Crippen LogP contribution is -2.31. The second kappa shape index (κ2) is 7.87. The number of fused-ring (bicyclic) bond motifs is 1. The fraction of sp³-hybridized carbons (Fsp3) is 0.421. The third-order valence-corrected chi connectivity index (χ3v) is 5.08. The molecule has 1 atom stereocenters. The van der Waals surface area contributed by atoms with Gasteiger partial charge in [0.15, 0.2) is 0 Å². The van der Waals surface area contributed by atoms with Crippen molar-refractivity contribution in [1.82, 2.24) is 15.6 Å². The number of amides is 2. The molecule has 25 heavy (non-hydrogen) atoms. The van der Waals surface area contributed by atoms with Crippen LogP contribution in [-0.4, -0.2) is 34.6 Å². The Labute approximate surface area is 152 Å². The van der Waals surface area contributed by atoms with E-state index in [4.69, 9.17) is 0 Å². The average Bonchev–Trinajstić information content (AvgIpc) is 3.42. The molecule has 2 aromatic rings. The Balaban J connectivity index is 1.85. The van der Waals surface area contributed by atoms with Gasteiger partial charge in [-0.3, -0.25) is 9.59 Å². The zero-order valence-electron chi connectivity index (χ0n) is 14.5. The molecule has 1 fully saturated rings. The molecule has 3 rings (SSSR count). The lowest BCUT2D eigenvalue weighted by atomic mass is 10.1. The van der Waals surface area contributed by atoms with Gasteiger partial charge in [-0.2, -0.15) is 0 Å². The van der Waals surface area contributed by atoms with Crippen LogP contribution < -0.4 is 10.6 Å². The van der Waals surface area contributed by atoms with Crippen LogP contribution in [0.1, 0.15) is 43.5 Å². The number of carbonyl (C=O) groups is 2. The maximum atomic E-state index is 12.6. The maximum absolute atomic E-state index is 12.6. The first kappa shape index (κ1) is 17.7. The van der Waals surface area contributed by atoms with Crippen LogP contribution in [-0.2, 0) is 4.79 Å². The minimum atomic E-state index is -0.264. The quantitative estimate of drug-likeness (QED) is 0.747. The smallest absolute Gasteiger partial charge is 0.252 e. The van der Waals surface area contributed by atoms with Crippen LogP contribution in [0.2, 0.25) is 0 Å². The normalized spacial score (nSPS) is 15.0. The molecule has 1 aromatic heterocycles. The SMILES string of the molecule is CCCNC(=O)C(C)Sc1cc(C(=O)NC2CC2)c2ccccc2n1. The van der Waals surface area contributed by atoms with Crippen molar-refractivity contribution in [3.63, 3.8) is 0 Å². The first-order valence-corrected chi connectivity index (χ1v) is 9.61. The molecular weight excluding hydrogens is 334 g/mol. The predicted molar refractivity (Wildman–Crippen MR) is 101 cm³/mol. The molecule has 1 aromatic carbocycles. The van der Waals surface area contributed by atoms with E-state index in [-0.39, 0.29) is 17.1 Å². The first-order chi connectivity index (χ1) is 12.1. The van der Waals surface area contributed by atoms with Crippen LogP contribution in [0.5, 0.6) is 0 Å². The molecule has 5 nitrogen and oxygen atoms in total. The molecule has 1 heterocycles. The zero-order chi connectivity index (χ0) is 17.8. The van der Waals surface area contributed by atoms with E-state index < -0.39 is 0 Å². The summed E-state index contributed by atoms with van der Waals surface area (Å²) in [5.41, 5.74) is 1.40. The van der Waals surface area contributed by atoms with Gasteiger partial charge >= 0.3 is 0 Å². The third kappa shape index (κ3) is 4.51. The van der Waals surface area contributed by atoms with E-state index in [1.54, 1.807) is 6.07 Å². The van der Waals surface area contributed by atoms with Crippen LogP contribution >= 0.6 is 11.8 Å². The highest BCUT2D eigenvalue weighted by molar-refractivity contribution is 8.00. The number of pyridine rings is 1. The molecule has 0 saturated heterocycles. The Morgan fingerprint density at radius 1 is 1.32 bits per heavy atom. The minimum absolute atomic E-state index is 0.00853. The van der Waals surface area contributed by atoms with Gasteiger partial charge < -0.3 is 10.6 Å². The highest BCUT2D eigenvalue weighted by atomic mass is 32.2. The summed E-state index contributed by atoms with van der Waals surface area (Å²) in [4.78, 5) is 29.3. The van der Waals surface area contributed by atoms with Crippen LogP contribution in [0, 0.1) is 0 Å². The highest BCUT2D eigenvalue weighted by Crippen LogP contribution is 2.28. The number of hydrogen-bond donors (Lipinski definition) is 2. The summed E-state index contributed by atoms with van der Waals surface area (Å²) in [6.45, 7) is 4.55. The van der Waals surface area contributed by atoms with Crippen molar-refractivity contribution >= 4 is 34.5 Å². The molecule has 1 aliphatic rings. The number of carbonyl (C=O) groups excluding carboxylic acids is 2. The van der Waals surface area contributed by atoms with Crippen LogP contribution in [0.15, 0.2) is 35.4 Å². The second-order valence-electron chi connectivity index (χ2n) is 6.32. The molecule has 0 bridgehead atoms. The topological polar surface area (TPSA) is 71.1 Å². The maximum Gasteiger partial charge on any atom is 0.252 e. The molecule has 1 unspecified atom stereocenters. The lowest BCUT2D eigenvalue weighted by molar-refractivity contribution is -0.120. The molecule has 0 spiro atoms. The summed E-state index contributed by atoms with van der Waals surface area (Å²) in [6.07, 6.45) is 3.00. The molecule has 2 amide bonds. The van der Waals surface area contributed by atoms with Crippen molar-refractivity contribution < 1.29 is 9.59 Å². The monoisotopic (exact) mass is 357 g/mol. The molecular formula is C19H23N3O2S. The van der Waals surface area contributed by atoms with Crippen LogP contribution in [0.25, 0.3) is 10.9 Å². The molecule has 1 aliphatic carbocycles. The van der Waals surface area contributed by atoms with Gasteiger partial charge in [0.05, 0.1) is 21.4 Å². The van der Waals surface area contributed by atoms with E-state index in [2.05, 4.69) is 15.6 Å². The second-order valence-corrected chi connectivity index (χ2v) is 7.69. The predicted octanol–water partition coefficient (Wildman–Crippen LogP) is 3.13. The van der Waals surface area contributed by atoms with Gasteiger partial charge in [0.1, 0.15) is 0 Å². The Kier molecular flexibility index (Phi) is 5.58. The number of para-hydroxylation sites is 1. The summed E-state index contributed by atoms with van der Waals surface area (Å²) < 4.78 is 0. The van der Waals surface area contributed by atoms with Crippen LogP contribution in [0.3, 0.4) is 0 Å². The van der Waals surface area contributed by atoms with Crippen molar-refractivity contribution in [3.05, 3.63) is 35.9 Å². The van der Waals surface area contributed by atoms with Crippen molar-refractivity contribution in [2.45, 2.75) is 49.4 Å². The van der Waals surface area contributed by atoms with Gasteiger partial charge in [-0.1, -0.05) is 36.9 Å². The number of nitrogens with zero attached hydrogens (tertiary/aromatic N) is 1. The lowest BCUT2D eigenvalue weighted by Gasteiger charge is -2.13. The Bertz CT molecular complexity index is 789. The van der Waals surface area contributed by atoms with Gasteiger partial charge in [-0.25, -0.2) is 4.98 Å². The van der Waals surface area contributed by atoms with Crippen LogP contribution in [0.4, 0.5) is 0 Å². The van der Waals surface area contributed by atoms with Gasteiger partial charge in [0, 0.05) is 18.0 Å². The van der Waals surface area contributed by atoms with E-state index in [1.165, 1.54) is 11.8 Å². The van der Waals surface area contributed by atoms with Crippen molar-refractivity contribution in [2.75, 3.05) is 6.54 Å². The number of aromatic nitrogens is 1. The van der Waals surface area contributed by atoms with E-state index in [0.717, 1.165) is 30.2 Å². The van der Waals surface area contributed by atoms with E-state index in [9.17, 15) is 9.59 Å². The number of benzene rings is 1. The Morgan fingerprint density at radius 3 is 2.80 bits per heavy atom. The molecule has 6 heteroatoms. The Hall–Kier alpha value is -2.08. The van der Waals surface area contributed by atoms with Gasteiger partial charge in [0.2, 0.25) is 5.91 Å².